The number of anilines is 1. The second-order valence-electron chi connectivity index (χ2n) is 8.35. The molecule has 2 aromatic heterocycles. The van der Waals surface area contributed by atoms with Crippen LogP contribution in [0.4, 0.5) is 18.9 Å². The maximum Gasteiger partial charge on any atom is 0.416 e. The Kier molecular flexibility index (Phi) is 6.63. The fraction of sp³-hybridized carbons (Fsp3) is 0.240. The van der Waals surface area contributed by atoms with Crippen molar-refractivity contribution in [2.45, 2.75) is 20.0 Å². The number of fused-ring (bicyclic) bond motifs is 1. The number of alkyl halides is 3. The molecule has 0 spiro atoms. The Morgan fingerprint density at radius 1 is 1.20 bits per heavy atom. The molecule has 0 bridgehead atoms. The van der Waals surface area contributed by atoms with Gasteiger partial charge in [0.05, 0.1) is 28.9 Å². The van der Waals surface area contributed by atoms with Crippen molar-refractivity contribution in [2.75, 3.05) is 18.5 Å². The highest BCUT2D eigenvalue weighted by Crippen LogP contribution is 2.31. The van der Waals surface area contributed by atoms with E-state index in [0.717, 1.165) is 24.0 Å². The number of carbonyl (C=O) groups is 1. The lowest BCUT2D eigenvalue weighted by atomic mass is 10.1. The molecule has 0 radical (unpaired) electrons. The fourth-order valence-electron chi connectivity index (χ4n) is 3.63. The number of nitrogens with zero attached hydrogens (tertiary/aromatic N) is 1. The average Bonchev–Trinajstić information content (AvgIpc) is 3.22. The summed E-state index contributed by atoms with van der Waals surface area (Å²) in [5, 5.41) is 3.21. The first-order valence-electron chi connectivity index (χ1n) is 10.9. The zero-order valence-electron chi connectivity index (χ0n) is 19.0. The number of halogens is 3. The van der Waals surface area contributed by atoms with Crippen molar-refractivity contribution < 1.29 is 22.7 Å². The van der Waals surface area contributed by atoms with Gasteiger partial charge in [0.15, 0.2) is 0 Å². The zero-order chi connectivity index (χ0) is 25.2. The molecule has 0 fully saturated rings. The third-order valence-electron chi connectivity index (χ3n) is 5.53. The molecule has 2 heterocycles. The monoisotopic (exact) mass is 484 g/mol. The summed E-state index contributed by atoms with van der Waals surface area (Å²) in [4.78, 5) is 34.2. The Morgan fingerprint density at radius 3 is 2.74 bits per heavy atom. The zero-order valence-corrected chi connectivity index (χ0v) is 19.0. The van der Waals surface area contributed by atoms with Crippen molar-refractivity contribution in [3.63, 3.8) is 0 Å². The summed E-state index contributed by atoms with van der Waals surface area (Å²) >= 11 is 0. The van der Waals surface area contributed by atoms with E-state index in [1.54, 1.807) is 18.2 Å². The lowest BCUT2D eigenvalue weighted by Crippen LogP contribution is -2.20. The van der Waals surface area contributed by atoms with Crippen LogP contribution in [0.5, 0.6) is 5.75 Å². The smallest absolute Gasteiger partial charge is 0.416 e. The Labute approximate surface area is 198 Å². The van der Waals surface area contributed by atoms with Crippen LogP contribution in [0, 0.1) is 12.8 Å². The van der Waals surface area contributed by atoms with Crippen molar-refractivity contribution >= 4 is 23.0 Å². The first-order chi connectivity index (χ1) is 16.7. The molecule has 3 N–H and O–H groups in total. The van der Waals surface area contributed by atoms with E-state index in [9.17, 15) is 22.8 Å². The van der Waals surface area contributed by atoms with Gasteiger partial charge in [0.2, 0.25) is 0 Å². The first kappa shape index (κ1) is 24.1. The van der Waals surface area contributed by atoms with Crippen molar-refractivity contribution in [3.05, 3.63) is 75.7 Å². The van der Waals surface area contributed by atoms with Gasteiger partial charge in [-0.15, -0.1) is 0 Å². The topological polar surface area (TPSA) is 99.9 Å². The van der Waals surface area contributed by atoms with Crippen LogP contribution in [-0.2, 0) is 6.18 Å². The van der Waals surface area contributed by atoms with Gasteiger partial charge in [0.25, 0.3) is 5.56 Å². The van der Waals surface area contributed by atoms with Crippen LogP contribution in [-0.4, -0.2) is 34.4 Å². The summed E-state index contributed by atoms with van der Waals surface area (Å²) in [5.41, 5.74) is 2.28. The molecule has 0 aliphatic heterocycles. The van der Waals surface area contributed by atoms with Gasteiger partial charge in [0.1, 0.15) is 23.4 Å². The molecule has 7 nitrogen and oxygen atoms in total. The number of rotatable bonds is 8. The number of hydrogen-bond acceptors (Lipinski definition) is 5. The van der Waals surface area contributed by atoms with Crippen LogP contribution in [0.15, 0.2) is 53.5 Å². The molecule has 0 amide bonds. The summed E-state index contributed by atoms with van der Waals surface area (Å²) in [6, 6.07) is 9.90. The molecule has 4 rings (SSSR count). The highest BCUT2D eigenvalue weighted by molar-refractivity contribution is 5.89. The second kappa shape index (κ2) is 9.65. The minimum absolute atomic E-state index is 0.0925. The second-order valence-corrected chi connectivity index (χ2v) is 8.35. The summed E-state index contributed by atoms with van der Waals surface area (Å²) in [7, 11) is 0. The minimum atomic E-state index is -4.44. The van der Waals surface area contributed by atoms with Gasteiger partial charge in [-0.2, -0.15) is 13.2 Å². The maximum atomic E-state index is 12.9. The van der Waals surface area contributed by atoms with Crippen LogP contribution in [0.3, 0.4) is 0 Å². The third kappa shape index (κ3) is 5.37. The highest BCUT2D eigenvalue weighted by Gasteiger charge is 2.30. The number of carbonyl (C=O) groups excluding carboxylic acids is 1. The largest absolute Gasteiger partial charge is 0.493 e. The van der Waals surface area contributed by atoms with E-state index in [1.807, 2.05) is 13.8 Å². The molecule has 1 atom stereocenters. The first-order valence-corrected chi connectivity index (χ1v) is 10.9. The van der Waals surface area contributed by atoms with Gasteiger partial charge in [-0.1, -0.05) is 13.0 Å². The van der Waals surface area contributed by atoms with Crippen LogP contribution in [0.1, 0.15) is 28.4 Å². The quantitative estimate of drug-likeness (QED) is 0.299. The lowest BCUT2D eigenvalue weighted by molar-refractivity contribution is -0.137. The molecule has 0 saturated heterocycles. The molecule has 2 aromatic carbocycles. The minimum Gasteiger partial charge on any atom is -0.493 e. The molecule has 10 heteroatoms. The maximum absolute atomic E-state index is 12.9. The number of imidazole rings is 1. The molecule has 182 valence electrons. The Balaban J connectivity index is 1.48. The molecule has 35 heavy (non-hydrogen) atoms. The molecule has 1 unspecified atom stereocenters. The third-order valence-corrected chi connectivity index (χ3v) is 5.53. The van der Waals surface area contributed by atoms with Crippen LogP contribution in [0.25, 0.3) is 22.4 Å². The van der Waals surface area contributed by atoms with E-state index in [-0.39, 0.29) is 23.8 Å². The number of benzene rings is 2. The molecule has 0 aliphatic carbocycles. The van der Waals surface area contributed by atoms with E-state index in [0.29, 0.717) is 40.2 Å². The predicted molar refractivity (Wildman–Crippen MR) is 127 cm³/mol. The van der Waals surface area contributed by atoms with Gasteiger partial charge in [0, 0.05) is 24.2 Å². The van der Waals surface area contributed by atoms with Crippen molar-refractivity contribution in [2.24, 2.45) is 5.92 Å². The SMILES string of the molecule is Cc1cc2[nH]c(-c3c(NCC(C)COc4cccc(C(F)(F)F)c4)cc[nH]c3=O)nc2cc1C=O. The highest BCUT2D eigenvalue weighted by atomic mass is 19.4. The normalized spacial score (nSPS) is 12.5. The van der Waals surface area contributed by atoms with Crippen LogP contribution >= 0.6 is 0 Å². The fourth-order valence-corrected chi connectivity index (χ4v) is 3.63. The van der Waals surface area contributed by atoms with Crippen molar-refractivity contribution in [1.29, 1.82) is 0 Å². The van der Waals surface area contributed by atoms with Gasteiger partial charge in [-0.3, -0.25) is 9.59 Å². The number of aryl methyl sites for hydroxylation is 1. The van der Waals surface area contributed by atoms with E-state index >= 15 is 0 Å². The Bertz CT molecular complexity index is 1430. The van der Waals surface area contributed by atoms with Gasteiger partial charge >= 0.3 is 6.18 Å². The number of aldehydes is 1. The summed E-state index contributed by atoms with van der Waals surface area (Å²) in [6.07, 6.45) is -2.17. The summed E-state index contributed by atoms with van der Waals surface area (Å²) in [5.74, 6) is 0.389. The summed E-state index contributed by atoms with van der Waals surface area (Å²) in [6.45, 7) is 4.25. The predicted octanol–water partition coefficient (Wildman–Crippen LogP) is 5.18. The standard InChI is InChI=1S/C25H23F3N4O3/c1-14(13-35-18-5-3-4-17(10-18)25(26,27)28)11-30-19-6-7-29-24(34)22(19)23-31-20-8-15(2)16(12-33)9-21(20)32-23/h3-10,12,14H,11,13H2,1-2H3,(H,31,32)(H2,29,30,34). The van der Waals surface area contributed by atoms with Crippen LogP contribution < -0.4 is 15.6 Å². The molecular weight excluding hydrogens is 461 g/mol. The number of aromatic nitrogens is 3. The molecular formula is C25H23F3N4O3. The van der Waals surface area contributed by atoms with Gasteiger partial charge < -0.3 is 20.0 Å². The summed E-state index contributed by atoms with van der Waals surface area (Å²) < 4.78 is 44.2. The number of ether oxygens (including phenoxy) is 1. The van der Waals surface area contributed by atoms with Crippen molar-refractivity contribution in [3.8, 4) is 17.1 Å². The van der Waals surface area contributed by atoms with Crippen LogP contribution in [0.2, 0.25) is 0 Å². The number of H-pyrrole nitrogens is 2. The van der Waals surface area contributed by atoms with E-state index in [1.165, 1.54) is 18.3 Å². The number of hydrogen-bond donors (Lipinski definition) is 3. The lowest BCUT2D eigenvalue weighted by Gasteiger charge is -2.16. The average molecular weight is 484 g/mol. The Morgan fingerprint density at radius 2 is 2.00 bits per heavy atom. The van der Waals surface area contributed by atoms with E-state index in [2.05, 4.69) is 20.3 Å². The number of pyridine rings is 1. The Hall–Kier alpha value is -4.08. The number of aromatic amines is 2. The molecule has 0 saturated carbocycles. The van der Waals surface area contributed by atoms with E-state index < -0.39 is 11.7 Å². The van der Waals surface area contributed by atoms with Crippen molar-refractivity contribution in [1.82, 2.24) is 15.0 Å². The van der Waals surface area contributed by atoms with E-state index in [4.69, 9.17) is 4.74 Å². The van der Waals surface area contributed by atoms with Gasteiger partial charge in [-0.05, 0) is 48.9 Å². The molecule has 0 aliphatic rings. The molecule has 4 aromatic rings. The van der Waals surface area contributed by atoms with Gasteiger partial charge in [-0.25, -0.2) is 4.98 Å². The number of nitrogens with one attached hydrogen (secondary N) is 3.